The van der Waals surface area contributed by atoms with Crippen LogP contribution in [0.4, 0.5) is 0 Å². The summed E-state index contributed by atoms with van der Waals surface area (Å²) in [4.78, 5) is 16.4. The summed E-state index contributed by atoms with van der Waals surface area (Å²) < 4.78 is 0. The van der Waals surface area contributed by atoms with Crippen LogP contribution in [-0.2, 0) is 0 Å². The molecule has 3 rings (SSSR count). The Morgan fingerprint density at radius 2 is 1.86 bits per heavy atom. The highest BCUT2D eigenvalue weighted by Gasteiger charge is 2.34. The van der Waals surface area contributed by atoms with Crippen molar-refractivity contribution in [2.75, 3.05) is 19.6 Å². The smallest absolute Gasteiger partial charge is 0.248 e. The van der Waals surface area contributed by atoms with E-state index >= 15 is 0 Å². The maximum Gasteiger partial charge on any atom is 0.248 e. The molecule has 6 heteroatoms. The van der Waals surface area contributed by atoms with Gasteiger partial charge in [-0.25, -0.2) is 0 Å². The molecule has 0 saturated carbocycles. The molecule has 0 aromatic heterocycles. The molecule has 0 unspecified atom stereocenters. The lowest BCUT2D eigenvalue weighted by atomic mass is 9.92. The average Bonchev–Trinajstić information content (AvgIpc) is 2.66. The molecule has 1 aliphatic rings. The number of aromatic hydroxyl groups is 1. The number of nitrogens with two attached hydrogens (primary N) is 1. The first-order valence-electron chi connectivity index (χ1n) is 9.70. The zero-order valence-electron chi connectivity index (χ0n) is 17.0. The van der Waals surface area contributed by atoms with Crippen molar-refractivity contribution in [3.8, 4) is 5.75 Å². The fourth-order valence-corrected chi connectivity index (χ4v) is 4.10. The number of rotatable bonds is 6. The van der Waals surface area contributed by atoms with Crippen LogP contribution in [-0.4, -0.2) is 52.5 Å². The topological polar surface area (TPSA) is 69.8 Å². The van der Waals surface area contributed by atoms with Crippen LogP contribution < -0.4 is 5.73 Å². The Labute approximate surface area is 179 Å². The van der Waals surface area contributed by atoms with E-state index < -0.39 is 5.91 Å². The number of phenols is 1. The van der Waals surface area contributed by atoms with Crippen molar-refractivity contribution < 1.29 is 9.90 Å². The molecule has 3 atom stereocenters. The lowest BCUT2D eigenvalue weighted by Gasteiger charge is -2.47. The van der Waals surface area contributed by atoms with E-state index in [-0.39, 0.29) is 24.2 Å². The van der Waals surface area contributed by atoms with Crippen LogP contribution in [0.15, 0.2) is 61.2 Å². The van der Waals surface area contributed by atoms with Crippen molar-refractivity contribution in [2.45, 2.75) is 32.0 Å². The number of hydrogen-bond acceptors (Lipinski definition) is 4. The van der Waals surface area contributed by atoms with Crippen molar-refractivity contribution >= 4 is 18.3 Å². The molecule has 1 fully saturated rings. The monoisotopic (exact) mass is 415 g/mol. The third-order valence-electron chi connectivity index (χ3n) is 5.56. The van der Waals surface area contributed by atoms with E-state index in [0.717, 1.165) is 30.8 Å². The normalized spacial score (nSPS) is 21.2. The number of carbonyl (C=O) groups is 1. The Morgan fingerprint density at radius 1 is 1.17 bits per heavy atom. The second-order valence-electron chi connectivity index (χ2n) is 7.62. The number of nitrogens with zero attached hydrogens (tertiary/aromatic N) is 2. The van der Waals surface area contributed by atoms with E-state index in [9.17, 15) is 9.90 Å². The third-order valence-corrected chi connectivity index (χ3v) is 5.56. The number of carbonyl (C=O) groups excluding carboxylic acids is 1. The van der Waals surface area contributed by atoms with Gasteiger partial charge in [0.15, 0.2) is 0 Å². The highest BCUT2D eigenvalue weighted by atomic mass is 35.5. The molecule has 156 valence electrons. The summed E-state index contributed by atoms with van der Waals surface area (Å²) in [6, 6.07) is 15.6. The highest BCUT2D eigenvalue weighted by Crippen LogP contribution is 2.34. The molecule has 0 spiro atoms. The van der Waals surface area contributed by atoms with Crippen molar-refractivity contribution in [1.29, 1.82) is 0 Å². The second kappa shape index (κ2) is 9.92. The van der Waals surface area contributed by atoms with Crippen LogP contribution in [0.2, 0.25) is 0 Å². The van der Waals surface area contributed by atoms with Gasteiger partial charge in [0.25, 0.3) is 0 Å². The first kappa shape index (κ1) is 22.9. The van der Waals surface area contributed by atoms with Gasteiger partial charge in [0.1, 0.15) is 5.75 Å². The number of benzene rings is 2. The number of primary amides is 1. The van der Waals surface area contributed by atoms with Crippen LogP contribution in [0.3, 0.4) is 0 Å². The van der Waals surface area contributed by atoms with Crippen molar-refractivity contribution in [3.63, 3.8) is 0 Å². The van der Waals surface area contributed by atoms with Crippen LogP contribution in [0.5, 0.6) is 5.75 Å². The van der Waals surface area contributed by atoms with E-state index in [1.165, 1.54) is 0 Å². The van der Waals surface area contributed by atoms with Gasteiger partial charge in [0.05, 0.1) is 6.04 Å². The minimum Gasteiger partial charge on any atom is -0.508 e. The maximum absolute atomic E-state index is 11.5. The number of piperazine rings is 1. The number of halogens is 1. The lowest BCUT2D eigenvalue weighted by Crippen LogP contribution is -2.57. The molecule has 1 saturated heterocycles. The van der Waals surface area contributed by atoms with Gasteiger partial charge in [-0.2, -0.15) is 0 Å². The zero-order chi connectivity index (χ0) is 20.3. The predicted molar refractivity (Wildman–Crippen MR) is 120 cm³/mol. The molecule has 0 bridgehead atoms. The third kappa shape index (κ3) is 5.18. The van der Waals surface area contributed by atoms with Crippen LogP contribution >= 0.6 is 12.4 Å². The summed E-state index contributed by atoms with van der Waals surface area (Å²) in [7, 11) is 0. The van der Waals surface area contributed by atoms with Gasteiger partial charge in [-0.15, -0.1) is 19.0 Å². The molecular weight excluding hydrogens is 386 g/mol. The summed E-state index contributed by atoms with van der Waals surface area (Å²) in [5.41, 5.74) is 8.00. The molecular formula is C23H30ClN3O2. The Kier molecular flexibility index (Phi) is 7.85. The van der Waals surface area contributed by atoms with E-state index in [4.69, 9.17) is 5.73 Å². The van der Waals surface area contributed by atoms with Gasteiger partial charge >= 0.3 is 0 Å². The fourth-order valence-electron chi connectivity index (χ4n) is 4.10. The summed E-state index contributed by atoms with van der Waals surface area (Å²) in [5, 5.41) is 10.1. The fraction of sp³-hybridized carbons (Fsp3) is 0.348. The Bertz CT molecular complexity index is 840. The lowest BCUT2D eigenvalue weighted by molar-refractivity contribution is 0.0306. The highest BCUT2D eigenvalue weighted by molar-refractivity contribution is 5.92. The van der Waals surface area contributed by atoms with Crippen LogP contribution in [0.1, 0.15) is 41.4 Å². The minimum atomic E-state index is -0.430. The molecule has 1 heterocycles. The molecule has 3 N–H and O–H groups in total. The van der Waals surface area contributed by atoms with E-state index in [1.54, 1.807) is 18.2 Å². The Hall–Kier alpha value is -2.34. The standard InChI is InChI=1S/C23H29N3O2.ClH/c1-4-12-25-14-17(3)26(15-16(25)2)22(20-6-5-7-21(27)13-20)18-8-10-19(11-9-18)23(24)28;/h4-11,13,16-17,22,27H,1,12,14-15H2,2-3H3,(H2,24,28);1H/t16-,17+,22-;/m1./s1. The summed E-state index contributed by atoms with van der Waals surface area (Å²) >= 11 is 0. The largest absolute Gasteiger partial charge is 0.508 e. The van der Waals surface area contributed by atoms with Crippen LogP contribution in [0.25, 0.3) is 0 Å². The molecule has 5 nitrogen and oxygen atoms in total. The second-order valence-corrected chi connectivity index (χ2v) is 7.62. The maximum atomic E-state index is 11.5. The van der Waals surface area contributed by atoms with E-state index in [0.29, 0.717) is 17.6 Å². The molecule has 29 heavy (non-hydrogen) atoms. The quantitative estimate of drug-likeness (QED) is 0.707. The predicted octanol–water partition coefficient (Wildman–Crippen LogP) is 3.58. The van der Waals surface area contributed by atoms with Crippen molar-refractivity contribution in [2.24, 2.45) is 5.73 Å². The van der Waals surface area contributed by atoms with Gasteiger partial charge in [-0.1, -0.05) is 30.3 Å². The van der Waals surface area contributed by atoms with Crippen molar-refractivity contribution in [1.82, 2.24) is 9.80 Å². The first-order valence-corrected chi connectivity index (χ1v) is 9.70. The molecule has 0 radical (unpaired) electrons. The molecule has 1 aliphatic heterocycles. The Balaban J connectivity index is 0.00000300. The Morgan fingerprint density at radius 3 is 2.45 bits per heavy atom. The minimum absolute atomic E-state index is 0. The van der Waals surface area contributed by atoms with Gasteiger partial charge in [-0.05, 0) is 49.2 Å². The van der Waals surface area contributed by atoms with Crippen molar-refractivity contribution in [3.05, 3.63) is 77.9 Å². The van der Waals surface area contributed by atoms with E-state index in [2.05, 4.69) is 30.2 Å². The molecule has 2 aromatic rings. The zero-order valence-corrected chi connectivity index (χ0v) is 17.8. The van der Waals surface area contributed by atoms with Gasteiger partial charge in [-0.3, -0.25) is 14.6 Å². The number of phenolic OH excluding ortho intramolecular Hbond substituents is 1. The SMILES string of the molecule is C=CCN1C[C@H](C)N([C@H](c2ccc(C(N)=O)cc2)c2cccc(O)c2)C[C@H]1C.Cl. The summed E-state index contributed by atoms with van der Waals surface area (Å²) in [6.07, 6.45) is 1.95. The number of hydrogen-bond donors (Lipinski definition) is 2. The van der Waals surface area contributed by atoms with Gasteiger partial charge in [0.2, 0.25) is 5.91 Å². The van der Waals surface area contributed by atoms with Gasteiger partial charge < -0.3 is 10.8 Å². The average molecular weight is 416 g/mol. The molecule has 1 amide bonds. The number of amides is 1. The molecule has 2 aromatic carbocycles. The first-order chi connectivity index (χ1) is 13.4. The van der Waals surface area contributed by atoms with E-state index in [1.807, 2.05) is 36.4 Å². The summed E-state index contributed by atoms with van der Waals surface area (Å²) in [6.45, 7) is 11.1. The van der Waals surface area contributed by atoms with Crippen LogP contribution in [0, 0.1) is 0 Å². The summed E-state index contributed by atoms with van der Waals surface area (Å²) in [5.74, 6) is -0.178. The molecule has 0 aliphatic carbocycles. The van der Waals surface area contributed by atoms with Gasteiger partial charge in [0, 0.05) is 37.3 Å².